The Balaban J connectivity index is 2.51. The van der Waals surface area contributed by atoms with Gasteiger partial charge < -0.3 is 0 Å². The maximum atomic E-state index is 12.0. The highest BCUT2D eigenvalue weighted by Crippen LogP contribution is 2.46. The zero-order valence-corrected chi connectivity index (χ0v) is 10.2. The molecule has 0 N–H and O–H groups in total. The van der Waals surface area contributed by atoms with Gasteiger partial charge in [-0.3, -0.25) is 4.79 Å². The minimum atomic E-state index is -0.184. The molecule has 0 spiro atoms. The van der Waals surface area contributed by atoms with Crippen LogP contribution in [0.4, 0.5) is 0 Å². The summed E-state index contributed by atoms with van der Waals surface area (Å²) in [5.74, 6) is 0.771. The highest BCUT2D eigenvalue weighted by molar-refractivity contribution is 5.89. The first kappa shape index (κ1) is 10.7. The predicted octanol–water partition coefficient (Wildman–Crippen LogP) is 3.66. The number of carbonyl (C=O) groups excluding carboxylic acids is 1. The van der Waals surface area contributed by atoms with E-state index in [1.165, 1.54) is 23.1 Å². The van der Waals surface area contributed by atoms with E-state index in [-0.39, 0.29) is 5.41 Å². The topological polar surface area (TPSA) is 17.1 Å². The van der Waals surface area contributed by atoms with Crippen LogP contribution in [0.1, 0.15) is 47.0 Å². The molecule has 2 aliphatic rings. The minimum Gasteiger partial charge on any atom is -0.299 e. The third-order valence-electron chi connectivity index (χ3n) is 4.09. The van der Waals surface area contributed by atoms with Crippen LogP contribution in [0.15, 0.2) is 22.8 Å². The van der Waals surface area contributed by atoms with Crippen molar-refractivity contribution in [3.8, 4) is 0 Å². The number of hydrogen-bond acceptors (Lipinski definition) is 1. The van der Waals surface area contributed by atoms with Crippen molar-refractivity contribution < 1.29 is 4.79 Å². The second kappa shape index (κ2) is 3.33. The van der Waals surface area contributed by atoms with Crippen LogP contribution >= 0.6 is 0 Å². The van der Waals surface area contributed by atoms with E-state index in [0.717, 1.165) is 6.42 Å². The van der Waals surface area contributed by atoms with Gasteiger partial charge in [-0.25, -0.2) is 0 Å². The standard InChI is InChI=1S/C14H20O/c1-9-5-6-11-10(2)8-13(15)14(3,4)12(11)7-9/h7,12H,5-6,8H2,1-4H3/t12-/m0/s1. The minimum absolute atomic E-state index is 0.184. The average Bonchev–Trinajstić information content (AvgIpc) is 2.15. The van der Waals surface area contributed by atoms with Gasteiger partial charge in [-0.1, -0.05) is 36.6 Å². The molecule has 0 saturated carbocycles. The first-order valence-electron chi connectivity index (χ1n) is 5.82. The molecule has 0 amide bonds. The summed E-state index contributed by atoms with van der Waals surface area (Å²) in [5, 5.41) is 0. The van der Waals surface area contributed by atoms with Gasteiger partial charge in [0.15, 0.2) is 0 Å². The van der Waals surface area contributed by atoms with Crippen LogP contribution in [0.25, 0.3) is 0 Å². The second-order valence-electron chi connectivity index (χ2n) is 5.62. The maximum Gasteiger partial charge on any atom is 0.143 e. The molecule has 2 aliphatic carbocycles. The Labute approximate surface area is 92.3 Å². The van der Waals surface area contributed by atoms with Crippen molar-refractivity contribution in [3.05, 3.63) is 22.8 Å². The lowest BCUT2D eigenvalue weighted by Gasteiger charge is -2.40. The molecule has 0 bridgehead atoms. The number of Topliss-reactive ketones (excluding diaryl/α,β-unsaturated/α-hetero) is 1. The molecule has 82 valence electrons. The molecule has 2 rings (SSSR count). The van der Waals surface area contributed by atoms with Crippen molar-refractivity contribution in [2.24, 2.45) is 11.3 Å². The average molecular weight is 204 g/mol. The number of ketones is 1. The Bertz CT molecular complexity index is 369. The van der Waals surface area contributed by atoms with Crippen LogP contribution in [0.3, 0.4) is 0 Å². The molecule has 1 heteroatoms. The predicted molar refractivity (Wildman–Crippen MR) is 62.6 cm³/mol. The Morgan fingerprint density at radius 2 is 1.93 bits per heavy atom. The fourth-order valence-electron chi connectivity index (χ4n) is 2.83. The van der Waals surface area contributed by atoms with Gasteiger partial charge in [-0.2, -0.15) is 0 Å². The lowest BCUT2D eigenvalue weighted by molar-refractivity contribution is -0.128. The van der Waals surface area contributed by atoms with Crippen molar-refractivity contribution in [1.82, 2.24) is 0 Å². The third-order valence-corrected chi connectivity index (χ3v) is 4.09. The van der Waals surface area contributed by atoms with E-state index in [9.17, 15) is 4.79 Å². The molecule has 0 aliphatic heterocycles. The number of hydrogen-bond donors (Lipinski definition) is 0. The molecule has 0 aromatic rings. The first-order chi connectivity index (χ1) is 6.93. The molecule has 1 atom stereocenters. The first-order valence-corrected chi connectivity index (χ1v) is 5.82. The summed E-state index contributed by atoms with van der Waals surface area (Å²) in [7, 11) is 0. The summed E-state index contributed by atoms with van der Waals surface area (Å²) in [6.07, 6.45) is 5.33. The van der Waals surface area contributed by atoms with E-state index in [1.807, 2.05) is 0 Å². The molecule has 0 fully saturated rings. The summed E-state index contributed by atoms with van der Waals surface area (Å²) in [5.41, 5.74) is 4.12. The van der Waals surface area contributed by atoms with Crippen molar-refractivity contribution in [3.63, 3.8) is 0 Å². The molecule has 0 aromatic carbocycles. The molecule has 1 nitrogen and oxygen atoms in total. The van der Waals surface area contributed by atoms with E-state index < -0.39 is 0 Å². The summed E-state index contributed by atoms with van der Waals surface area (Å²) in [4.78, 5) is 12.0. The van der Waals surface area contributed by atoms with Gasteiger partial charge in [0.2, 0.25) is 0 Å². The monoisotopic (exact) mass is 204 g/mol. The van der Waals surface area contributed by atoms with Crippen molar-refractivity contribution >= 4 is 5.78 Å². The van der Waals surface area contributed by atoms with Gasteiger partial charge in [-0.05, 0) is 26.7 Å². The van der Waals surface area contributed by atoms with E-state index in [4.69, 9.17) is 0 Å². The lowest BCUT2D eigenvalue weighted by atomic mass is 9.62. The van der Waals surface area contributed by atoms with Crippen LogP contribution < -0.4 is 0 Å². The molecule has 0 heterocycles. The van der Waals surface area contributed by atoms with E-state index in [2.05, 4.69) is 33.8 Å². The number of rotatable bonds is 0. The largest absolute Gasteiger partial charge is 0.299 e. The van der Waals surface area contributed by atoms with E-state index >= 15 is 0 Å². The summed E-state index contributed by atoms with van der Waals surface area (Å²) >= 11 is 0. The van der Waals surface area contributed by atoms with Crippen molar-refractivity contribution in [2.45, 2.75) is 47.0 Å². The highest BCUT2D eigenvalue weighted by Gasteiger charge is 2.42. The fraction of sp³-hybridized carbons (Fsp3) is 0.643. The number of fused-ring (bicyclic) bond motifs is 1. The number of carbonyl (C=O) groups is 1. The zero-order chi connectivity index (χ0) is 11.2. The second-order valence-corrected chi connectivity index (χ2v) is 5.62. The molecule has 15 heavy (non-hydrogen) atoms. The Kier molecular flexibility index (Phi) is 2.37. The summed E-state index contributed by atoms with van der Waals surface area (Å²) < 4.78 is 0. The summed E-state index contributed by atoms with van der Waals surface area (Å²) in [6.45, 7) is 8.51. The van der Waals surface area contributed by atoms with Gasteiger partial charge in [0.05, 0.1) is 0 Å². The van der Waals surface area contributed by atoms with Crippen LogP contribution in [0, 0.1) is 11.3 Å². The third kappa shape index (κ3) is 1.58. The molecule has 0 unspecified atom stereocenters. The quantitative estimate of drug-likeness (QED) is 0.550. The van der Waals surface area contributed by atoms with Crippen molar-refractivity contribution in [2.75, 3.05) is 0 Å². The van der Waals surface area contributed by atoms with Crippen LogP contribution in [-0.4, -0.2) is 5.78 Å². The SMILES string of the molecule is CC1=C[C@H]2C(=C(C)CC(=O)C2(C)C)CC1. The van der Waals surface area contributed by atoms with Gasteiger partial charge in [0.1, 0.15) is 5.78 Å². The maximum absolute atomic E-state index is 12.0. The van der Waals surface area contributed by atoms with Gasteiger partial charge in [0, 0.05) is 17.8 Å². The molecule has 0 saturated heterocycles. The van der Waals surface area contributed by atoms with Crippen LogP contribution in [0.2, 0.25) is 0 Å². The molecule has 0 aromatic heterocycles. The van der Waals surface area contributed by atoms with Gasteiger partial charge in [-0.15, -0.1) is 0 Å². The molecular weight excluding hydrogens is 184 g/mol. The summed E-state index contributed by atoms with van der Waals surface area (Å²) in [6, 6.07) is 0. The van der Waals surface area contributed by atoms with Crippen LogP contribution in [-0.2, 0) is 4.79 Å². The Morgan fingerprint density at radius 1 is 1.27 bits per heavy atom. The van der Waals surface area contributed by atoms with Gasteiger partial charge >= 0.3 is 0 Å². The number of allylic oxidation sites excluding steroid dienone is 4. The van der Waals surface area contributed by atoms with E-state index in [1.54, 1.807) is 0 Å². The van der Waals surface area contributed by atoms with Gasteiger partial charge in [0.25, 0.3) is 0 Å². The van der Waals surface area contributed by atoms with E-state index in [0.29, 0.717) is 18.1 Å². The molecular formula is C14H20O. The normalized spacial score (nSPS) is 30.0. The lowest BCUT2D eigenvalue weighted by Crippen LogP contribution is -2.38. The zero-order valence-electron chi connectivity index (χ0n) is 10.2. The fourth-order valence-corrected chi connectivity index (χ4v) is 2.83. The smallest absolute Gasteiger partial charge is 0.143 e. The Morgan fingerprint density at radius 3 is 2.60 bits per heavy atom. The van der Waals surface area contributed by atoms with Crippen molar-refractivity contribution in [1.29, 1.82) is 0 Å². The highest BCUT2D eigenvalue weighted by atomic mass is 16.1. The Hall–Kier alpha value is -0.850. The molecule has 0 radical (unpaired) electrons. The van der Waals surface area contributed by atoms with Crippen LogP contribution in [0.5, 0.6) is 0 Å².